The highest BCUT2D eigenvalue weighted by Crippen LogP contribution is 2.16. The molecule has 0 saturated heterocycles. The van der Waals surface area contributed by atoms with E-state index in [1.54, 1.807) is 7.05 Å². The van der Waals surface area contributed by atoms with Crippen LogP contribution in [0.25, 0.3) is 0 Å². The number of nitrogens with one attached hydrogen (secondary N) is 2. The molecular weight excluding hydrogens is 425 g/mol. The third kappa shape index (κ3) is 9.80. The number of carbonyl (C=O) groups excluding carboxylic acids is 1. The molecule has 1 heterocycles. The van der Waals surface area contributed by atoms with Gasteiger partial charge < -0.3 is 15.4 Å². The van der Waals surface area contributed by atoms with Crippen molar-refractivity contribution in [2.45, 2.75) is 45.6 Å². The number of aryl methyl sites for hydroxylation is 1. The van der Waals surface area contributed by atoms with Gasteiger partial charge in [0, 0.05) is 42.2 Å². The molecule has 23 heavy (non-hydrogen) atoms. The van der Waals surface area contributed by atoms with Crippen LogP contribution in [0.2, 0.25) is 0 Å². The van der Waals surface area contributed by atoms with Crippen LogP contribution in [0.4, 0.5) is 0 Å². The van der Waals surface area contributed by atoms with Gasteiger partial charge in [-0.2, -0.15) is 0 Å². The number of hydrogen-bond acceptors (Lipinski definition) is 4. The average molecular weight is 453 g/mol. The maximum Gasteiger partial charge on any atom is 0.305 e. The predicted octanol–water partition coefficient (Wildman–Crippen LogP) is 3.11. The maximum atomic E-state index is 11.0. The van der Waals surface area contributed by atoms with Crippen LogP contribution in [0.3, 0.4) is 0 Å². The number of thiophene rings is 1. The minimum absolute atomic E-state index is 0. The van der Waals surface area contributed by atoms with Gasteiger partial charge in [-0.3, -0.25) is 9.79 Å². The van der Waals surface area contributed by atoms with Crippen LogP contribution >= 0.6 is 35.3 Å². The summed E-state index contributed by atoms with van der Waals surface area (Å²) in [6.45, 7) is 5.07. The first-order valence-corrected chi connectivity index (χ1v) is 8.46. The largest absolute Gasteiger partial charge is 0.469 e. The first kappa shape index (κ1) is 22.2. The highest BCUT2D eigenvalue weighted by atomic mass is 127. The van der Waals surface area contributed by atoms with Gasteiger partial charge in [0.25, 0.3) is 0 Å². The number of ether oxygens (including phenoxy) is 1. The Hall–Kier alpha value is -0.830. The summed E-state index contributed by atoms with van der Waals surface area (Å²) < 4.78 is 4.62. The zero-order chi connectivity index (χ0) is 16.4. The fourth-order valence-corrected chi connectivity index (χ4v) is 3.10. The fourth-order valence-electron chi connectivity index (χ4n) is 2.08. The number of hydrogen-bond donors (Lipinski definition) is 2. The highest BCUT2D eigenvalue weighted by molar-refractivity contribution is 14.0. The van der Waals surface area contributed by atoms with Crippen LogP contribution in [0.1, 0.15) is 35.9 Å². The van der Waals surface area contributed by atoms with Crippen molar-refractivity contribution in [1.29, 1.82) is 0 Å². The number of nitrogens with zero attached hydrogens (tertiary/aromatic N) is 1. The lowest BCUT2D eigenvalue weighted by Gasteiger charge is -2.17. The third-order valence-electron chi connectivity index (χ3n) is 3.24. The molecule has 0 saturated carbocycles. The molecule has 1 aromatic rings. The Morgan fingerprint density at radius 1 is 1.39 bits per heavy atom. The van der Waals surface area contributed by atoms with Crippen molar-refractivity contribution in [1.82, 2.24) is 10.6 Å². The maximum absolute atomic E-state index is 11.0. The summed E-state index contributed by atoms with van der Waals surface area (Å²) in [4.78, 5) is 18.0. The molecule has 1 aromatic heterocycles. The second-order valence-electron chi connectivity index (χ2n) is 5.29. The minimum atomic E-state index is -0.151. The fraction of sp³-hybridized carbons (Fsp3) is 0.625. The summed E-state index contributed by atoms with van der Waals surface area (Å²) >= 11 is 1.84. The van der Waals surface area contributed by atoms with E-state index in [4.69, 9.17) is 0 Å². The highest BCUT2D eigenvalue weighted by Gasteiger charge is 2.07. The van der Waals surface area contributed by atoms with Crippen LogP contribution in [-0.2, 0) is 16.0 Å². The smallest absolute Gasteiger partial charge is 0.305 e. The van der Waals surface area contributed by atoms with Crippen molar-refractivity contribution in [3.8, 4) is 0 Å². The van der Waals surface area contributed by atoms with E-state index in [1.165, 1.54) is 16.9 Å². The quantitative estimate of drug-likeness (QED) is 0.209. The second kappa shape index (κ2) is 12.6. The predicted molar refractivity (Wildman–Crippen MR) is 108 cm³/mol. The van der Waals surface area contributed by atoms with E-state index in [-0.39, 0.29) is 29.9 Å². The molecule has 5 nitrogen and oxygen atoms in total. The zero-order valence-corrected chi connectivity index (χ0v) is 17.5. The lowest BCUT2D eigenvalue weighted by atomic mass is 10.2. The van der Waals surface area contributed by atoms with Gasteiger partial charge in [0.15, 0.2) is 5.96 Å². The molecule has 1 atom stereocenters. The van der Waals surface area contributed by atoms with Gasteiger partial charge in [-0.05, 0) is 38.8 Å². The minimum Gasteiger partial charge on any atom is -0.469 e. The molecule has 132 valence electrons. The van der Waals surface area contributed by atoms with Crippen LogP contribution in [0, 0.1) is 6.92 Å². The summed E-state index contributed by atoms with van der Waals surface area (Å²) in [6.07, 6.45) is 3.19. The Morgan fingerprint density at radius 2 is 2.13 bits per heavy atom. The van der Waals surface area contributed by atoms with E-state index >= 15 is 0 Å². The van der Waals surface area contributed by atoms with E-state index in [9.17, 15) is 4.79 Å². The molecule has 0 fully saturated rings. The molecule has 2 N–H and O–H groups in total. The molecule has 0 amide bonds. The standard InChI is InChI=1S/C16H27N3O2S.HI/c1-12(11-14-9-8-13(2)22-14)19-16(17-3)18-10-6-5-7-15(20)21-4;/h8-9,12H,5-7,10-11H2,1-4H3,(H2,17,18,19);1H. The van der Waals surface area contributed by atoms with Gasteiger partial charge in [0.1, 0.15) is 0 Å². The van der Waals surface area contributed by atoms with E-state index < -0.39 is 0 Å². The van der Waals surface area contributed by atoms with Gasteiger partial charge in [0.05, 0.1) is 7.11 Å². The normalized spacial score (nSPS) is 12.3. The third-order valence-corrected chi connectivity index (χ3v) is 4.26. The molecular formula is C16H28IN3O2S. The van der Waals surface area contributed by atoms with E-state index in [1.807, 2.05) is 11.3 Å². The summed E-state index contributed by atoms with van der Waals surface area (Å²) in [6, 6.07) is 4.65. The number of guanidine groups is 1. The molecule has 0 aliphatic heterocycles. The number of aliphatic imine (C=N–C) groups is 1. The van der Waals surface area contributed by atoms with E-state index in [0.717, 1.165) is 31.8 Å². The van der Waals surface area contributed by atoms with Gasteiger partial charge in [-0.15, -0.1) is 35.3 Å². The molecule has 0 radical (unpaired) electrons. The molecule has 0 aromatic carbocycles. The summed E-state index contributed by atoms with van der Waals surface area (Å²) in [7, 11) is 3.19. The van der Waals surface area contributed by atoms with Crippen molar-refractivity contribution >= 4 is 47.2 Å². The SMILES string of the molecule is CN=C(NCCCCC(=O)OC)NC(C)Cc1ccc(C)s1.I. The molecule has 0 spiro atoms. The van der Waals surface area contributed by atoms with Crippen molar-refractivity contribution in [3.05, 3.63) is 21.9 Å². The van der Waals surface area contributed by atoms with Crippen molar-refractivity contribution < 1.29 is 9.53 Å². The van der Waals surface area contributed by atoms with Gasteiger partial charge in [0.2, 0.25) is 0 Å². The van der Waals surface area contributed by atoms with E-state index in [2.05, 4.69) is 46.3 Å². The van der Waals surface area contributed by atoms with Crippen LogP contribution in [-0.4, -0.2) is 38.7 Å². The Balaban J connectivity index is 0.00000484. The van der Waals surface area contributed by atoms with Crippen LogP contribution in [0.15, 0.2) is 17.1 Å². The number of halogens is 1. The van der Waals surface area contributed by atoms with Gasteiger partial charge in [-0.1, -0.05) is 0 Å². The topological polar surface area (TPSA) is 62.7 Å². The van der Waals surface area contributed by atoms with Crippen molar-refractivity contribution in [2.75, 3.05) is 20.7 Å². The van der Waals surface area contributed by atoms with Crippen molar-refractivity contribution in [3.63, 3.8) is 0 Å². The molecule has 7 heteroatoms. The molecule has 1 rings (SSSR count). The molecule has 0 aliphatic carbocycles. The average Bonchev–Trinajstić information content (AvgIpc) is 2.90. The number of rotatable bonds is 8. The van der Waals surface area contributed by atoms with Gasteiger partial charge in [-0.25, -0.2) is 0 Å². The number of unbranched alkanes of at least 4 members (excludes halogenated alkanes) is 1. The summed E-state index contributed by atoms with van der Waals surface area (Å²) in [5.74, 6) is 0.654. The molecule has 0 bridgehead atoms. The lowest BCUT2D eigenvalue weighted by Crippen LogP contribution is -2.43. The Bertz CT molecular complexity index is 491. The number of carbonyl (C=O) groups is 1. The first-order valence-electron chi connectivity index (χ1n) is 7.64. The van der Waals surface area contributed by atoms with E-state index in [0.29, 0.717) is 12.5 Å². The zero-order valence-electron chi connectivity index (χ0n) is 14.3. The van der Waals surface area contributed by atoms with Crippen LogP contribution < -0.4 is 10.6 Å². The molecule has 0 aliphatic rings. The Labute approximate surface area is 160 Å². The van der Waals surface area contributed by atoms with Gasteiger partial charge >= 0.3 is 5.97 Å². The second-order valence-corrected chi connectivity index (χ2v) is 6.67. The molecule has 1 unspecified atom stereocenters. The van der Waals surface area contributed by atoms with Crippen LogP contribution in [0.5, 0.6) is 0 Å². The monoisotopic (exact) mass is 453 g/mol. The van der Waals surface area contributed by atoms with Crippen molar-refractivity contribution in [2.24, 2.45) is 4.99 Å². The summed E-state index contributed by atoms with van der Waals surface area (Å²) in [5, 5.41) is 6.66. The summed E-state index contributed by atoms with van der Waals surface area (Å²) in [5.41, 5.74) is 0. The first-order chi connectivity index (χ1) is 10.5. The Kier molecular flexibility index (Phi) is 12.1. The lowest BCUT2D eigenvalue weighted by molar-refractivity contribution is -0.140. The number of esters is 1. The Morgan fingerprint density at radius 3 is 2.70 bits per heavy atom. The number of methoxy groups -OCH3 is 1.